The first kappa shape index (κ1) is 14.8. The minimum atomic E-state index is 0.200. The highest BCUT2D eigenvalue weighted by Gasteiger charge is 2.13. The van der Waals surface area contributed by atoms with E-state index in [0.717, 1.165) is 23.8 Å². The number of aryl methyl sites for hydroxylation is 1. The third-order valence-electron chi connectivity index (χ3n) is 3.77. The number of aliphatic hydroxyl groups is 1. The molecule has 2 aromatic rings. The van der Waals surface area contributed by atoms with E-state index in [4.69, 9.17) is 0 Å². The number of aromatic nitrogens is 2. The van der Waals surface area contributed by atoms with Crippen LogP contribution in [0.5, 0.6) is 0 Å². The second-order valence-corrected chi connectivity index (χ2v) is 5.30. The molecule has 20 heavy (non-hydrogen) atoms. The van der Waals surface area contributed by atoms with Crippen LogP contribution in [0.25, 0.3) is 5.69 Å². The number of rotatable bonds is 6. The lowest BCUT2D eigenvalue weighted by Gasteiger charge is -2.20. The van der Waals surface area contributed by atoms with Gasteiger partial charge in [0.1, 0.15) is 5.82 Å². The smallest absolute Gasteiger partial charge is 0.110 e. The molecule has 1 aromatic carbocycles. The van der Waals surface area contributed by atoms with Crippen LogP contribution in [0.2, 0.25) is 0 Å². The fourth-order valence-electron chi connectivity index (χ4n) is 2.17. The maximum atomic E-state index is 9.18. The summed E-state index contributed by atoms with van der Waals surface area (Å²) in [6.45, 7) is 7.08. The second-order valence-electron chi connectivity index (χ2n) is 5.30. The van der Waals surface area contributed by atoms with Gasteiger partial charge in [-0.2, -0.15) is 0 Å². The molecular formula is C16H23N3O. The summed E-state index contributed by atoms with van der Waals surface area (Å²) in [5.41, 5.74) is 2.26. The Kier molecular flexibility index (Phi) is 4.93. The van der Waals surface area contributed by atoms with Crippen molar-refractivity contribution in [2.24, 2.45) is 5.92 Å². The molecule has 0 saturated carbocycles. The topological polar surface area (TPSA) is 50.1 Å². The third-order valence-corrected chi connectivity index (χ3v) is 3.77. The number of nitrogens with zero attached hydrogens (tertiary/aromatic N) is 2. The van der Waals surface area contributed by atoms with Crippen LogP contribution in [0, 0.1) is 12.8 Å². The Morgan fingerprint density at radius 3 is 2.60 bits per heavy atom. The Morgan fingerprint density at radius 2 is 1.95 bits per heavy atom. The van der Waals surface area contributed by atoms with Gasteiger partial charge in [-0.05, 0) is 31.9 Å². The molecule has 2 atom stereocenters. The van der Waals surface area contributed by atoms with Crippen molar-refractivity contribution in [3.63, 3.8) is 0 Å². The summed E-state index contributed by atoms with van der Waals surface area (Å²) < 4.78 is 2.16. The van der Waals surface area contributed by atoms with Gasteiger partial charge in [-0.3, -0.25) is 4.57 Å². The lowest BCUT2D eigenvalue weighted by atomic mass is 10.1. The van der Waals surface area contributed by atoms with Gasteiger partial charge < -0.3 is 10.4 Å². The van der Waals surface area contributed by atoms with Gasteiger partial charge in [-0.25, -0.2) is 4.98 Å². The second kappa shape index (κ2) is 6.68. The monoisotopic (exact) mass is 273 g/mol. The van der Waals surface area contributed by atoms with E-state index in [1.54, 1.807) is 0 Å². The van der Waals surface area contributed by atoms with E-state index in [2.05, 4.69) is 33.9 Å². The van der Waals surface area contributed by atoms with Crippen LogP contribution in [0.4, 0.5) is 0 Å². The quantitative estimate of drug-likeness (QED) is 0.849. The van der Waals surface area contributed by atoms with Crippen LogP contribution in [0.15, 0.2) is 36.5 Å². The van der Waals surface area contributed by atoms with Crippen LogP contribution in [-0.4, -0.2) is 27.3 Å². The van der Waals surface area contributed by atoms with Crippen LogP contribution < -0.4 is 5.32 Å². The Labute approximate surface area is 120 Å². The number of aliphatic hydroxyl groups excluding tert-OH is 1. The Bertz CT molecular complexity index is 536. The van der Waals surface area contributed by atoms with E-state index in [9.17, 15) is 5.11 Å². The largest absolute Gasteiger partial charge is 0.396 e. The van der Waals surface area contributed by atoms with Crippen molar-refractivity contribution in [2.45, 2.75) is 33.4 Å². The van der Waals surface area contributed by atoms with Gasteiger partial charge in [0, 0.05) is 24.9 Å². The summed E-state index contributed by atoms with van der Waals surface area (Å²) in [6, 6.07) is 10.5. The van der Waals surface area contributed by atoms with E-state index in [1.807, 2.05) is 38.2 Å². The summed E-state index contributed by atoms with van der Waals surface area (Å²) in [7, 11) is 0. The minimum absolute atomic E-state index is 0.200. The van der Waals surface area contributed by atoms with Crippen LogP contribution in [0.1, 0.15) is 25.4 Å². The highest BCUT2D eigenvalue weighted by atomic mass is 16.3. The Hall–Kier alpha value is -1.65. The number of nitrogens with one attached hydrogen (secondary N) is 1. The lowest BCUT2D eigenvalue weighted by Crippen LogP contribution is -2.33. The van der Waals surface area contributed by atoms with Crippen molar-refractivity contribution in [1.29, 1.82) is 0 Å². The minimum Gasteiger partial charge on any atom is -0.396 e. The molecule has 0 fully saturated rings. The average Bonchev–Trinajstić information content (AvgIpc) is 2.85. The number of hydrogen-bond acceptors (Lipinski definition) is 3. The summed E-state index contributed by atoms with van der Waals surface area (Å²) in [5.74, 6) is 1.22. The van der Waals surface area contributed by atoms with Gasteiger partial charge >= 0.3 is 0 Å². The van der Waals surface area contributed by atoms with Crippen molar-refractivity contribution in [3.8, 4) is 5.69 Å². The molecule has 108 valence electrons. The van der Waals surface area contributed by atoms with Gasteiger partial charge in [0.2, 0.25) is 0 Å². The zero-order valence-electron chi connectivity index (χ0n) is 12.4. The number of imidazole rings is 1. The molecule has 1 aromatic heterocycles. The zero-order chi connectivity index (χ0) is 14.5. The normalized spacial score (nSPS) is 14.2. The number of para-hydroxylation sites is 1. The molecule has 0 spiro atoms. The maximum absolute atomic E-state index is 9.18. The Balaban J connectivity index is 2.14. The average molecular weight is 273 g/mol. The van der Waals surface area contributed by atoms with Gasteiger partial charge in [0.05, 0.1) is 11.9 Å². The lowest BCUT2D eigenvalue weighted by molar-refractivity contribution is 0.206. The van der Waals surface area contributed by atoms with Crippen molar-refractivity contribution >= 4 is 0 Å². The first-order valence-corrected chi connectivity index (χ1v) is 7.06. The molecule has 2 N–H and O–H groups in total. The van der Waals surface area contributed by atoms with Crippen LogP contribution in [-0.2, 0) is 6.54 Å². The zero-order valence-corrected chi connectivity index (χ0v) is 12.4. The van der Waals surface area contributed by atoms with Gasteiger partial charge in [0.15, 0.2) is 0 Å². The van der Waals surface area contributed by atoms with E-state index in [1.165, 1.54) is 0 Å². The van der Waals surface area contributed by atoms with Gasteiger partial charge in [0.25, 0.3) is 0 Å². The fourth-order valence-corrected chi connectivity index (χ4v) is 2.17. The molecule has 0 saturated heterocycles. The maximum Gasteiger partial charge on any atom is 0.110 e. The molecular weight excluding hydrogens is 250 g/mol. The first-order valence-electron chi connectivity index (χ1n) is 7.06. The molecule has 2 unspecified atom stereocenters. The Morgan fingerprint density at radius 1 is 1.25 bits per heavy atom. The number of benzene rings is 1. The van der Waals surface area contributed by atoms with E-state index in [-0.39, 0.29) is 18.6 Å². The van der Waals surface area contributed by atoms with Crippen molar-refractivity contribution in [2.75, 3.05) is 6.61 Å². The highest BCUT2D eigenvalue weighted by molar-refractivity contribution is 5.35. The predicted octanol–water partition coefficient (Wildman–Crippen LogP) is 2.29. The summed E-state index contributed by atoms with van der Waals surface area (Å²) >= 11 is 0. The van der Waals surface area contributed by atoms with Crippen LogP contribution in [0.3, 0.4) is 0 Å². The third kappa shape index (κ3) is 3.26. The highest BCUT2D eigenvalue weighted by Crippen LogP contribution is 2.14. The molecule has 0 aliphatic heterocycles. The molecule has 4 heteroatoms. The molecule has 1 heterocycles. The molecule has 4 nitrogen and oxygen atoms in total. The van der Waals surface area contributed by atoms with E-state index in [0.29, 0.717) is 0 Å². The summed E-state index contributed by atoms with van der Waals surface area (Å²) in [6.07, 6.45) is 1.91. The molecule has 2 rings (SSSR count). The predicted molar refractivity (Wildman–Crippen MR) is 80.9 cm³/mol. The van der Waals surface area contributed by atoms with Crippen molar-refractivity contribution in [3.05, 3.63) is 48.0 Å². The molecule has 0 aliphatic carbocycles. The first-order chi connectivity index (χ1) is 9.63. The molecule has 0 radical (unpaired) electrons. The van der Waals surface area contributed by atoms with Crippen molar-refractivity contribution in [1.82, 2.24) is 14.9 Å². The SMILES string of the molecule is Cc1ncc(CNC(C)C(C)CO)n1-c1ccccc1. The molecule has 0 aliphatic rings. The van der Waals surface area contributed by atoms with Gasteiger partial charge in [-0.1, -0.05) is 25.1 Å². The van der Waals surface area contributed by atoms with Crippen LogP contribution >= 0.6 is 0 Å². The van der Waals surface area contributed by atoms with Crippen molar-refractivity contribution < 1.29 is 5.11 Å². The standard InChI is InChI=1S/C16H23N3O/c1-12(11-20)13(2)17-9-16-10-18-14(3)19(16)15-7-5-4-6-8-15/h4-8,10,12-13,17,20H,9,11H2,1-3H3. The molecule has 0 amide bonds. The fraction of sp³-hybridized carbons (Fsp3) is 0.438. The van der Waals surface area contributed by atoms with E-state index < -0.39 is 0 Å². The van der Waals surface area contributed by atoms with Gasteiger partial charge in [-0.15, -0.1) is 0 Å². The number of hydrogen-bond donors (Lipinski definition) is 2. The molecule has 0 bridgehead atoms. The van der Waals surface area contributed by atoms with E-state index >= 15 is 0 Å². The summed E-state index contributed by atoms with van der Waals surface area (Å²) in [4.78, 5) is 4.41. The summed E-state index contributed by atoms with van der Waals surface area (Å²) in [5, 5.41) is 12.6.